The maximum atomic E-state index is 11.3. The molecule has 20 heavy (non-hydrogen) atoms. The molecular weight excluding hydrogens is 248 g/mol. The van der Waals surface area contributed by atoms with Crippen LogP contribution in [0.15, 0.2) is 24.5 Å². The number of aldehydes is 1. The molecule has 2 rings (SSSR count). The van der Waals surface area contributed by atoms with Gasteiger partial charge in [-0.3, -0.25) is 9.88 Å². The van der Waals surface area contributed by atoms with E-state index in [-0.39, 0.29) is 6.04 Å². The minimum absolute atomic E-state index is 0.103. The van der Waals surface area contributed by atoms with Gasteiger partial charge in [-0.25, -0.2) is 0 Å². The van der Waals surface area contributed by atoms with Crippen LogP contribution in [0.1, 0.15) is 63.5 Å². The fraction of sp³-hybridized carbons (Fsp3) is 0.647. The van der Waals surface area contributed by atoms with E-state index >= 15 is 0 Å². The number of unbranched alkanes of at least 4 members (excludes halogenated alkanes) is 4. The maximum Gasteiger partial charge on any atom is 0.137 e. The summed E-state index contributed by atoms with van der Waals surface area (Å²) < 4.78 is 0. The monoisotopic (exact) mass is 274 g/mol. The maximum absolute atomic E-state index is 11.3. The van der Waals surface area contributed by atoms with Gasteiger partial charge in [0.05, 0.1) is 6.04 Å². The second-order valence-corrected chi connectivity index (χ2v) is 5.73. The second kappa shape index (κ2) is 8.15. The molecule has 110 valence electrons. The van der Waals surface area contributed by atoms with Crippen LogP contribution in [0, 0.1) is 0 Å². The zero-order chi connectivity index (χ0) is 14.2. The Bertz CT molecular complexity index is 393. The van der Waals surface area contributed by atoms with Crippen LogP contribution >= 0.6 is 0 Å². The van der Waals surface area contributed by atoms with E-state index in [9.17, 15) is 4.79 Å². The summed E-state index contributed by atoms with van der Waals surface area (Å²) in [6, 6.07) is 4.61. The predicted molar refractivity (Wildman–Crippen MR) is 81.5 cm³/mol. The van der Waals surface area contributed by atoms with Crippen LogP contribution in [0.4, 0.5) is 0 Å². The van der Waals surface area contributed by atoms with Crippen LogP contribution in [0.3, 0.4) is 0 Å². The van der Waals surface area contributed by atoms with E-state index in [4.69, 9.17) is 0 Å². The SMILES string of the molecule is CCCCCCCN1C(C=O)CCC1c1cccnc1. The second-order valence-electron chi connectivity index (χ2n) is 5.73. The molecule has 0 N–H and O–H groups in total. The van der Waals surface area contributed by atoms with Crippen LogP contribution in [0.25, 0.3) is 0 Å². The number of pyridine rings is 1. The largest absolute Gasteiger partial charge is 0.302 e. The van der Waals surface area contributed by atoms with Gasteiger partial charge in [0.15, 0.2) is 0 Å². The van der Waals surface area contributed by atoms with Crippen LogP contribution in [0.2, 0.25) is 0 Å². The van der Waals surface area contributed by atoms with Crippen molar-refractivity contribution in [3.8, 4) is 0 Å². The number of hydrogen-bond acceptors (Lipinski definition) is 3. The van der Waals surface area contributed by atoms with Crippen molar-refractivity contribution >= 4 is 6.29 Å². The summed E-state index contributed by atoms with van der Waals surface area (Å²) in [5, 5.41) is 0. The summed E-state index contributed by atoms with van der Waals surface area (Å²) in [4.78, 5) is 17.9. The van der Waals surface area contributed by atoms with Gasteiger partial charge in [0.25, 0.3) is 0 Å². The van der Waals surface area contributed by atoms with Crippen LogP contribution in [-0.4, -0.2) is 28.8 Å². The third-order valence-electron chi connectivity index (χ3n) is 4.31. The normalized spacial score (nSPS) is 23.1. The lowest BCUT2D eigenvalue weighted by molar-refractivity contribution is -0.112. The van der Waals surface area contributed by atoms with Gasteiger partial charge in [-0.15, -0.1) is 0 Å². The number of hydrogen-bond donors (Lipinski definition) is 0. The van der Waals surface area contributed by atoms with Crippen molar-refractivity contribution in [2.75, 3.05) is 6.54 Å². The molecule has 1 aliphatic rings. The van der Waals surface area contributed by atoms with Gasteiger partial charge in [-0.05, 0) is 37.4 Å². The molecule has 0 saturated carbocycles. The summed E-state index contributed by atoms with van der Waals surface area (Å²) in [5.41, 5.74) is 1.26. The Labute approximate surface area is 122 Å². The molecule has 1 aromatic rings. The lowest BCUT2D eigenvalue weighted by Gasteiger charge is -2.27. The highest BCUT2D eigenvalue weighted by Crippen LogP contribution is 2.35. The molecule has 1 saturated heterocycles. The number of rotatable bonds is 8. The first-order valence-corrected chi connectivity index (χ1v) is 7.97. The number of carbonyl (C=O) groups is 1. The Balaban J connectivity index is 1.92. The van der Waals surface area contributed by atoms with Gasteiger partial charge < -0.3 is 4.79 Å². The van der Waals surface area contributed by atoms with E-state index in [1.165, 1.54) is 37.7 Å². The van der Waals surface area contributed by atoms with Crippen LogP contribution in [0.5, 0.6) is 0 Å². The van der Waals surface area contributed by atoms with Crippen molar-refractivity contribution in [2.45, 2.75) is 64.0 Å². The first kappa shape index (κ1) is 15.2. The van der Waals surface area contributed by atoms with Gasteiger partial charge in [0.2, 0.25) is 0 Å². The van der Waals surface area contributed by atoms with Crippen molar-refractivity contribution in [3.05, 3.63) is 30.1 Å². The number of aromatic nitrogens is 1. The Morgan fingerprint density at radius 2 is 2.15 bits per heavy atom. The molecular formula is C17H26N2O. The van der Waals surface area contributed by atoms with Gasteiger partial charge >= 0.3 is 0 Å². The molecule has 2 unspecified atom stereocenters. The zero-order valence-corrected chi connectivity index (χ0v) is 12.5. The lowest BCUT2D eigenvalue weighted by Crippen LogP contribution is -2.33. The predicted octanol–water partition coefficient (Wildman–Crippen LogP) is 3.76. The molecule has 0 spiro atoms. The highest BCUT2D eigenvalue weighted by Gasteiger charge is 2.33. The average Bonchev–Trinajstić information content (AvgIpc) is 2.91. The molecule has 0 aliphatic carbocycles. The Morgan fingerprint density at radius 3 is 2.85 bits per heavy atom. The lowest BCUT2D eigenvalue weighted by atomic mass is 10.1. The molecule has 1 fully saturated rings. The van der Waals surface area contributed by atoms with Gasteiger partial charge in [-0.1, -0.05) is 38.7 Å². The van der Waals surface area contributed by atoms with E-state index in [1.54, 1.807) is 0 Å². The highest BCUT2D eigenvalue weighted by atomic mass is 16.1. The van der Waals surface area contributed by atoms with Crippen LogP contribution in [-0.2, 0) is 4.79 Å². The Morgan fingerprint density at radius 1 is 1.30 bits per heavy atom. The van der Waals surface area contributed by atoms with Crippen molar-refractivity contribution in [1.82, 2.24) is 9.88 Å². The van der Waals surface area contributed by atoms with Gasteiger partial charge in [-0.2, -0.15) is 0 Å². The highest BCUT2D eigenvalue weighted by molar-refractivity contribution is 5.58. The van der Waals surface area contributed by atoms with Crippen molar-refractivity contribution in [3.63, 3.8) is 0 Å². The molecule has 0 bridgehead atoms. The molecule has 0 radical (unpaired) electrons. The third-order valence-corrected chi connectivity index (χ3v) is 4.31. The molecule has 1 aromatic heterocycles. The van der Waals surface area contributed by atoms with E-state index in [0.29, 0.717) is 6.04 Å². The molecule has 3 heteroatoms. The summed E-state index contributed by atoms with van der Waals surface area (Å²) in [5.74, 6) is 0. The fourth-order valence-electron chi connectivity index (χ4n) is 3.19. The fourth-order valence-corrected chi connectivity index (χ4v) is 3.19. The first-order valence-electron chi connectivity index (χ1n) is 7.97. The van der Waals surface area contributed by atoms with Crippen molar-refractivity contribution in [1.29, 1.82) is 0 Å². The summed E-state index contributed by atoms with van der Waals surface area (Å²) in [6.45, 7) is 3.27. The number of carbonyl (C=O) groups excluding carboxylic acids is 1. The zero-order valence-electron chi connectivity index (χ0n) is 12.5. The van der Waals surface area contributed by atoms with E-state index in [2.05, 4.69) is 22.9 Å². The minimum atomic E-state index is 0.103. The van der Waals surface area contributed by atoms with E-state index < -0.39 is 0 Å². The Kier molecular flexibility index (Phi) is 6.19. The molecule has 0 aromatic carbocycles. The molecule has 2 atom stereocenters. The quantitative estimate of drug-likeness (QED) is 0.534. The number of likely N-dealkylation sites (tertiary alicyclic amines) is 1. The summed E-state index contributed by atoms with van der Waals surface area (Å²) in [6.07, 6.45) is 13.3. The standard InChI is InChI=1S/C17H26N2O/c1-2-3-4-5-6-12-19-16(14-20)9-10-17(19)15-8-7-11-18-13-15/h7-8,11,13-14,16-17H,2-6,9-10,12H2,1H3. The van der Waals surface area contributed by atoms with Gasteiger partial charge in [0.1, 0.15) is 6.29 Å². The molecule has 1 aliphatic heterocycles. The summed E-state index contributed by atoms with van der Waals surface area (Å²) in [7, 11) is 0. The third kappa shape index (κ3) is 3.89. The van der Waals surface area contributed by atoms with Crippen molar-refractivity contribution < 1.29 is 4.79 Å². The Hall–Kier alpha value is -1.22. The molecule has 3 nitrogen and oxygen atoms in total. The summed E-state index contributed by atoms with van der Waals surface area (Å²) >= 11 is 0. The minimum Gasteiger partial charge on any atom is -0.302 e. The van der Waals surface area contributed by atoms with E-state index in [1.807, 2.05) is 18.5 Å². The van der Waals surface area contributed by atoms with E-state index in [0.717, 1.165) is 25.7 Å². The van der Waals surface area contributed by atoms with Crippen LogP contribution < -0.4 is 0 Å². The topological polar surface area (TPSA) is 33.2 Å². The number of nitrogens with zero attached hydrogens (tertiary/aromatic N) is 2. The van der Waals surface area contributed by atoms with Gasteiger partial charge in [0, 0.05) is 18.4 Å². The first-order chi connectivity index (χ1) is 9.86. The van der Waals surface area contributed by atoms with Crippen molar-refractivity contribution in [2.24, 2.45) is 0 Å². The smallest absolute Gasteiger partial charge is 0.137 e. The molecule has 2 heterocycles. The molecule has 0 amide bonds. The average molecular weight is 274 g/mol.